The Kier molecular flexibility index (Phi) is 5.25. The van der Waals surface area contributed by atoms with E-state index in [0.29, 0.717) is 37.6 Å². The number of nitrogens with one attached hydrogen (secondary N) is 2. The van der Waals surface area contributed by atoms with Gasteiger partial charge in [-0.15, -0.1) is 0 Å². The van der Waals surface area contributed by atoms with Crippen LogP contribution in [0.3, 0.4) is 0 Å². The Morgan fingerprint density at radius 1 is 1.17 bits per heavy atom. The Morgan fingerprint density at radius 3 is 2.65 bits per heavy atom. The predicted molar refractivity (Wildman–Crippen MR) is 87.4 cm³/mol. The first-order chi connectivity index (χ1) is 11.2. The number of morpholine rings is 1. The number of anilines is 1. The van der Waals surface area contributed by atoms with Gasteiger partial charge in [-0.25, -0.2) is 0 Å². The van der Waals surface area contributed by atoms with Crippen molar-refractivity contribution in [2.24, 2.45) is 5.92 Å². The van der Waals surface area contributed by atoms with E-state index in [0.717, 1.165) is 12.5 Å². The van der Waals surface area contributed by atoms with Gasteiger partial charge in [0.25, 0.3) is 5.91 Å². The molecule has 1 saturated heterocycles. The van der Waals surface area contributed by atoms with Crippen LogP contribution in [0.4, 0.5) is 5.69 Å². The van der Waals surface area contributed by atoms with E-state index in [-0.39, 0.29) is 18.4 Å². The monoisotopic (exact) mass is 317 g/mol. The Morgan fingerprint density at radius 2 is 1.91 bits per heavy atom. The van der Waals surface area contributed by atoms with Crippen LogP contribution in [0.25, 0.3) is 0 Å². The number of rotatable bonds is 6. The number of amides is 2. The minimum Gasteiger partial charge on any atom is -0.378 e. The molecule has 0 bridgehead atoms. The van der Waals surface area contributed by atoms with Crippen molar-refractivity contribution in [3.05, 3.63) is 29.8 Å². The van der Waals surface area contributed by atoms with E-state index >= 15 is 0 Å². The maximum atomic E-state index is 12.6. The molecule has 2 fully saturated rings. The lowest BCUT2D eigenvalue weighted by Gasteiger charge is -2.27. The lowest BCUT2D eigenvalue weighted by molar-refractivity contribution is -0.115. The summed E-state index contributed by atoms with van der Waals surface area (Å²) in [6.45, 7) is 3.46. The average molecular weight is 317 g/mol. The summed E-state index contributed by atoms with van der Waals surface area (Å²) < 4.78 is 5.28. The van der Waals surface area contributed by atoms with Gasteiger partial charge in [-0.1, -0.05) is 12.1 Å². The van der Waals surface area contributed by atoms with E-state index in [9.17, 15) is 9.59 Å². The van der Waals surface area contributed by atoms with Crippen molar-refractivity contribution in [2.75, 3.05) is 44.7 Å². The summed E-state index contributed by atoms with van der Waals surface area (Å²) in [7, 11) is 0. The molecule has 2 aliphatic rings. The van der Waals surface area contributed by atoms with Crippen LogP contribution in [0.1, 0.15) is 23.2 Å². The first kappa shape index (κ1) is 16.0. The Labute approximate surface area is 136 Å². The van der Waals surface area contributed by atoms with Crippen molar-refractivity contribution >= 4 is 17.5 Å². The number of para-hydroxylation sites is 1. The summed E-state index contributed by atoms with van der Waals surface area (Å²) >= 11 is 0. The molecule has 1 aliphatic carbocycles. The van der Waals surface area contributed by atoms with Gasteiger partial charge in [-0.3, -0.25) is 9.59 Å². The van der Waals surface area contributed by atoms with Crippen molar-refractivity contribution in [3.8, 4) is 0 Å². The van der Waals surface area contributed by atoms with Gasteiger partial charge < -0.3 is 20.3 Å². The van der Waals surface area contributed by atoms with E-state index in [1.807, 2.05) is 12.1 Å². The van der Waals surface area contributed by atoms with Gasteiger partial charge in [0.15, 0.2) is 0 Å². The average Bonchev–Trinajstić information content (AvgIpc) is 3.40. The second-order valence-electron chi connectivity index (χ2n) is 6.07. The molecule has 6 heteroatoms. The first-order valence-corrected chi connectivity index (χ1v) is 8.20. The summed E-state index contributed by atoms with van der Waals surface area (Å²) in [5.74, 6) is 0.556. The number of carbonyl (C=O) groups is 2. The second kappa shape index (κ2) is 7.57. The van der Waals surface area contributed by atoms with Crippen LogP contribution in [0.15, 0.2) is 24.3 Å². The molecule has 0 unspecified atom stereocenters. The Balaban J connectivity index is 1.59. The lowest BCUT2D eigenvalue weighted by atomic mass is 10.1. The van der Waals surface area contributed by atoms with Gasteiger partial charge in [0.2, 0.25) is 5.91 Å². The molecule has 23 heavy (non-hydrogen) atoms. The standard InChI is InChI=1S/C17H23N3O3/c21-16(12-18-11-13-5-6-13)19-15-4-2-1-3-14(15)17(22)20-7-9-23-10-8-20/h1-4,13,18H,5-12H2,(H,19,21). The maximum Gasteiger partial charge on any atom is 0.256 e. The van der Waals surface area contributed by atoms with Crippen molar-refractivity contribution in [1.82, 2.24) is 10.2 Å². The fourth-order valence-corrected chi connectivity index (χ4v) is 2.62. The van der Waals surface area contributed by atoms with E-state index in [1.54, 1.807) is 17.0 Å². The van der Waals surface area contributed by atoms with Crippen LogP contribution in [0.5, 0.6) is 0 Å². The molecule has 1 aromatic carbocycles. The number of hydrogen-bond donors (Lipinski definition) is 2. The van der Waals surface area contributed by atoms with Crippen molar-refractivity contribution < 1.29 is 14.3 Å². The third-order valence-electron chi connectivity index (χ3n) is 4.15. The molecule has 2 amide bonds. The first-order valence-electron chi connectivity index (χ1n) is 8.20. The van der Waals surface area contributed by atoms with E-state index in [1.165, 1.54) is 12.8 Å². The highest BCUT2D eigenvalue weighted by atomic mass is 16.5. The summed E-state index contributed by atoms with van der Waals surface area (Å²) in [6.07, 6.45) is 2.51. The number of carbonyl (C=O) groups excluding carboxylic acids is 2. The number of hydrogen-bond acceptors (Lipinski definition) is 4. The van der Waals surface area contributed by atoms with Crippen LogP contribution in [0, 0.1) is 5.92 Å². The zero-order valence-corrected chi connectivity index (χ0v) is 13.2. The predicted octanol–water partition coefficient (Wildman–Crippen LogP) is 1.10. The fourth-order valence-electron chi connectivity index (χ4n) is 2.62. The Hall–Kier alpha value is -1.92. The zero-order valence-electron chi connectivity index (χ0n) is 13.2. The van der Waals surface area contributed by atoms with Gasteiger partial charge >= 0.3 is 0 Å². The molecular weight excluding hydrogens is 294 g/mol. The minimum absolute atomic E-state index is 0.0601. The molecule has 0 spiro atoms. The molecule has 0 radical (unpaired) electrons. The fraction of sp³-hybridized carbons (Fsp3) is 0.529. The maximum absolute atomic E-state index is 12.6. The number of nitrogens with zero attached hydrogens (tertiary/aromatic N) is 1. The molecule has 1 saturated carbocycles. The minimum atomic E-state index is -0.118. The van der Waals surface area contributed by atoms with Crippen LogP contribution in [0.2, 0.25) is 0 Å². The largest absolute Gasteiger partial charge is 0.378 e. The van der Waals surface area contributed by atoms with Gasteiger partial charge in [0.1, 0.15) is 0 Å². The lowest BCUT2D eigenvalue weighted by Crippen LogP contribution is -2.41. The van der Waals surface area contributed by atoms with E-state index in [2.05, 4.69) is 10.6 Å². The normalized spacial score (nSPS) is 17.8. The van der Waals surface area contributed by atoms with Gasteiger partial charge in [0.05, 0.1) is 31.0 Å². The Bertz CT molecular complexity index is 566. The third-order valence-corrected chi connectivity index (χ3v) is 4.15. The summed E-state index contributed by atoms with van der Waals surface area (Å²) in [6, 6.07) is 7.16. The van der Waals surface area contributed by atoms with E-state index < -0.39 is 0 Å². The van der Waals surface area contributed by atoms with Gasteiger partial charge in [-0.2, -0.15) is 0 Å². The summed E-state index contributed by atoms with van der Waals surface area (Å²) in [5.41, 5.74) is 1.10. The van der Waals surface area contributed by atoms with E-state index in [4.69, 9.17) is 4.74 Å². The summed E-state index contributed by atoms with van der Waals surface area (Å²) in [4.78, 5) is 26.4. The zero-order chi connectivity index (χ0) is 16.1. The number of benzene rings is 1. The molecule has 1 aromatic rings. The van der Waals surface area contributed by atoms with Crippen LogP contribution < -0.4 is 10.6 Å². The quantitative estimate of drug-likeness (QED) is 0.824. The van der Waals surface area contributed by atoms with Crippen LogP contribution in [-0.4, -0.2) is 56.1 Å². The summed E-state index contributed by atoms with van der Waals surface area (Å²) in [5, 5.41) is 6.00. The molecule has 3 rings (SSSR count). The highest BCUT2D eigenvalue weighted by Gasteiger charge is 2.22. The van der Waals surface area contributed by atoms with Gasteiger partial charge in [-0.05, 0) is 37.4 Å². The molecule has 124 valence electrons. The third kappa shape index (κ3) is 4.53. The van der Waals surface area contributed by atoms with Crippen molar-refractivity contribution in [2.45, 2.75) is 12.8 Å². The topological polar surface area (TPSA) is 70.7 Å². The molecule has 6 nitrogen and oxygen atoms in total. The molecule has 1 aliphatic heterocycles. The smallest absolute Gasteiger partial charge is 0.256 e. The van der Waals surface area contributed by atoms with Crippen LogP contribution in [-0.2, 0) is 9.53 Å². The SMILES string of the molecule is O=C(CNCC1CC1)Nc1ccccc1C(=O)N1CCOCC1. The molecule has 0 aromatic heterocycles. The number of ether oxygens (including phenoxy) is 1. The van der Waals surface area contributed by atoms with Crippen LogP contribution >= 0.6 is 0 Å². The van der Waals surface area contributed by atoms with Crippen molar-refractivity contribution in [1.29, 1.82) is 0 Å². The molecule has 1 heterocycles. The highest BCUT2D eigenvalue weighted by molar-refractivity contribution is 6.04. The molecule has 2 N–H and O–H groups in total. The molecular formula is C17H23N3O3. The van der Waals surface area contributed by atoms with Gasteiger partial charge in [0, 0.05) is 13.1 Å². The highest BCUT2D eigenvalue weighted by Crippen LogP contribution is 2.27. The second-order valence-corrected chi connectivity index (χ2v) is 6.07. The van der Waals surface area contributed by atoms with Crippen molar-refractivity contribution in [3.63, 3.8) is 0 Å². The molecule has 0 atom stereocenters.